The summed E-state index contributed by atoms with van der Waals surface area (Å²) in [6.07, 6.45) is 1.88. The van der Waals surface area contributed by atoms with E-state index in [1.807, 2.05) is 50.2 Å². The van der Waals surface area contributed by atoms with E-state index in [2.05, 4.69) is 15.2 Å². The summed E-state index contributed by atoms with van der Waals surface area (Å²) < 4.78 is 20.8. The zero-order valence-electron chi connectivity index (χ0n) is 18.1. The normalized spacial score (nSPS) is 11.7. The second-order valence-corrected chi connectivity index (χ2v) is 8.80. The molecular weight excluding hydrogens is 467 g/mol. The number of hydrogen-bond acceptors (Lipinski definition) is 7. The molecule has 4 aromatic rings. The number of aromatic nitrogens is 5. The van der Waals surface area contributed by atoms with Crippen molar-refractivity contribution in [2.24, 2.45) is 5.73 Å². The lowest BCUT2D eigenvalue weighted by molar-refractivity contribution is 0.365. The van der Waals surface area contributed by atoms with Gasteiger partial charge in [-0.25, -0.2) is 13.9 Å². The van der Waals surface area contributed by atoms with Crippen molar-refractivity contribution in [3.8, 4) is 21.8 Å². The molecule has 0 atom stereocenters. The van der Waals surface area contributed by atoms with Crippen LogP contribution in [-0.2, 0) is 13.1 Å². The monoisotopic (exact) mass is 490 g/mol. The summed E-state index contributed by atoms with van der Waals surface area (Å²) in [6, 6.07) is 11.9. The molecule has 0 fully saturated rings. The maximum absolute atomic E-state index is 12.8. The van der Waals surface area contributed by atoms with E-state index in [9.17, 15) is 9.18 Å². The van der Waals surface area contributed by atoms with Crippen molar-refractivity contribution in [1.82, 2.24) is 24.5 Å². The van der Waals surface area contributed by atoms with E-state index in [1.54, 1.807) is 11.3 Å². The number of benzene rings is 1. The number of hydrogen-bond donors (Lipinski definition) is 1. The second kappa shape index (κ2) is 10.7. The molecule has 0 spiro atoms. The Hall–Kier alpha value is -3.08. The molecule has 0 saturated heterocycles. The highest BCUT2D eigenvalue weighted by molar-refractivity contribution is 7.15. The van der Waals surface area contributed by atoms with Gasteiger partial charge in [-0.05, 0) is 29.3 Å². The van der Waals surface area contributed by atoms with Gasteiger partial charge in [-0.15, -0.1) is 23.7 Å². The zero-order chi connectivity index (χ0) is 22.7. The Balaban J connectivity index is 0.00000306. The largest absolute Gasteiger partial charge is 0.346 e. The minimum atomic E-state index is -0.312. The minimum absolute atomic E-state index is 0. The van der Waals surface area contributed by atoms with Crippen molar-refractivity contribution in [3.63, 3.8) is 0 Å². The summed E-state index contributed by atoms with van der Waals surface area (Å²) in [6.45, 7) is 4.46. The van der Waals surface area contributed by atoms with E-state index >= 15 is 0 Å². The molecule has 0 amide bonds. The number of nitrogens with zero attached hydrogens (tertiary/aromatic N) is 5. The lowest BCUT2D eigenvalue weighted by atomic mass is 10.1. The van der Waals surface area contributed by atoms with Crippen molar-refractivity contribution in [2.45, 2.75) is 32.9 Å². The van der Waals surface area contributed by atoms with Crippen LogP contribution in [0, 0.1) is 0 Å². The molecule has 8 nitrogen and oxygen atoms in total. The average Bonchev–Trinajstić information content (AvgIpc) is 3.54. The summed E-state index contributed by atoms with van der Waals surface area (Å²) in [7, 11) is 0. The molecule has 3 heterocycles. The highest BCUT2D eigenvalue weighted by Gasteiger charge is 2.13. The third kappa shape index (κ3) is 5.47. The van der Waals surface area contributed by atoms with Crippen LogP contribution >= 0.6 is 23.7 Å². The first-order chi connectivity index (χ1) is 15.5. The van der Waals surface area contributed by atoms with Gasteiger partial charge in [-0.1, -0.05) is 37.2 Å². The van der Waals surface area contributed by atoms with E-state index in [1.165, 1.54) is 15.6 Å². The molecule has 3 aromatic heterocycles. The maximum Gasteiger partial charge on any atom is 0.346 e. The SMILES string of the molecule is CC(C)c1nc(-c2cccc(-c3ccc(Cn4cnn(C/C(=C/F)CN)c4=O)s3)c2)no1.Cl. The summed E-state index contributed by atoms with van der Waals surface area (Å²) in [5, 5.41) is 8.14. The molecule has 1 aromatic carbocycles. The quantitative estimate of drug-likeness (QED) is 0.396. The molecule has 0 saturated carbocycles. The van der Waals surface area contributed by atoms with E-state index < -0.39 is 0 Å². The molecule has 174 valence electrons. The summed E-state index contributed by atoms with van der Waals surface area (Å²) in [5.41, 5.74) is 7.36. The Morgan fingerprint density at radius 1 is 1.27 bits per heavy atom. The van der Waals surface area contributed by atoms with Crippen molar-refractivity contribution in [2.75, 3.05) is 6.54 Å². The Kier molecular flexibility index (Phi) is 7.96. The molecule has 0 aliphatic carbocycles. The Labute approximate surface area is 200 Å². The van der Waals surface area contributed by atoms with Crippen molar-refractivity contribution >= 4 is 23.7 Å². The Morgan fingerprint density at radius 2 is 2.06 bits per heavy atom. The van der Waals surface area contributed by atoms with Crippen LogP contribution in [0.25, 0.3) is 21.8 Å². The van der Waals surface area contributed by atoms with Crippen LogP contribution in [0.15, 0.2) is 63.9 Å². The van der Waals surface area contributed by atoms with Gasteiger partial charge in [-0.2, -0.15) is 10.1 Å². The van der Waals surface area contributed by atoms with Crippen LogP contribution in [0.3, 0.4) is 0 Å². The van der Waals surface area contributed by atoms with Gasteiger partial charge in [0, 0.05) is 27.8 Å². The molecule has 0 unspecified atom stereocenters. The minimum Gasteiger partial charge on any atom is -0.339 e. The number of rotatable bonds is 8. The van der Waals surface area contributed by atoms with Crippen LogP contribution < -0.4 is 11.4 Å². The van der Waals surface area contributed by atoms with Crippen LogP contribution in [-0.4, -0.2) is 31.0 Å². The molecule has 2 N–H and O–H groups in total. The van der Waals surface area contributed by atoms with Crippen molar-refractivity contribution < 1.29 is 8.91 Å². The lowest BCUT2D eigenvalue weighted by Gasteiger charge is -2.02. The molecule has 0 radical (unpaired) electrons. The van der Waals surface area contributed by atoms with Crippen LogP contribution in [0.1, 0.15) is 30.5 Å². The molecule has 0 aliphatic heterocycles. The average molecular weight is 491 g/mol. The fourth-order valence-corrected chi connectivity index (χ4v) is 4.11. The topological polar surface area (TPSA) is 105 Å². The first-order valence-corrected chi connectivity index (χ1v) is 10.9. The summed E-state index contributed by atoms with van der Waals surface area (Å²) >= 11 is 1.58. The number of nitrogens with two attached hydrogens (primary N) is 1. The molecule has 33 heavy (non-hydrogen) atoms. The van der Waals surface area contributed by atoms with Gasteiger partial charge in [0.15, 0.2) is 0 Å². The van der Waals surface area contributed by atoms with E-state index in [4.69, 9.17) is 10.3 Å². The predicted molar refractivity (Wildman–Crippen MR) is 128 cm³/mol. The molecule has 4 rings (SSSR count). The standard InChI is InChI=1S/C22H23FN6O2S.ClH/c1-14(2)21-26-20(27-31-21)17-5-3-4-16(8-17)19-7-6-18(32-19)12-28-13-25-29(22(28)30)11-15(9-23)10-24;/h3-9,13-14H,10-12,24H2,1-2H3;1H/b15-9+;. The van der Waals surface area contributed by atoms with Gasteiger partial charge in [0.2, 0.25) is 11.7 Å². The predicted octanol–water partition coefficient (Wildman–Crippen LogP) is 4.23. The first-order valence-electron chi connectivity index (χ1n) is 10.1. The first kappa shape index (κ1) is 24.6. The highest BCUT2D eigenvalue weighted by atomic mass is 35.5. The third-order valence-electron chi connectivity index (χ3n) is 4.90. The van der Waals surface area contributed by atoms with Gasteiger partial charge in [-0.3, -0.25) is 4.57 Å². The Bertz CT molecular complexity index is 1310. The molecular formula is C22H24ClFN6O2S. The highest BCUT2D eigenvalue weighted by Crippen LogP contribution is 2.31. The fraction of sp³-hybridized carbons (Fsp3) is 0.273. The van der Waals surface area contributed by atoms with Gasteiger partial charge in [0.25, 0.3) is 0 Å². The summed E-state index contributed by atoms with van der Waals surface area (Å²) in [4.78, 5) is 19.0. The van der Waals surface area contributed by atoms with Crippen molar-refractivity contribution in [3.05, 3.63) is 75.9 Å². The van der Waals surface area contributed by atoms with Crippen LogP contribution in [0.4, 0.5) is 4.39 Å². The third-order valence-corrected chi connectivity index (χ3v) is 6.01. The van der Waals surface area contributed by atoms with Gasteiger partial charge < -0.3 is 10.3 Å². The molecule has 11 heteroatoms. The fourth-order valence-electron chi connectivity index (χ4n) is 3.11. The number of thiophene rings is 1. The van der Waals surface area contributed by atoms with Gasteiger partial charge in [0.1, 0.15) is 6.33 Å². The summed E-state index contributed by atoms with van der Waals surface area (Å²) in [5.74, 6) is 1.34. The molecule has 0 aliphatic rings. The smallest absolute Gasteiger partial charge is 0.339 e. The van der Waals surface area contributed by atoms with Crippen LogP contribution in [0.5, 0.6) is 0 Å². The van der Waals surface area contributed by atoms with E-state index in [0.29, 0.717) is 30.2 Å². The molecule has 0 bridgehead atoms. The Morgan fingerprint density at radius 3 is 2.76 bits per heavy atom. The van der Waals surface area contributed by atoms with Crippen LogP contribution in [0.2, 0.25) is 0 Å². The van der Waals surface area contributed by atoms with Crippen molar-refractivity contribution in [1.29, 1.82) is 0 Å². The van der Waals surface area contributed by atoms with Gasteiger partial charge in [0.05, 0.1) is 19.4 Å². The zero-order valence-corrected chi connectivity index (χ0v) is 19.8. The van der Waals surface area contributed by atoms with E-state index in [-0.39, 0.29) is 37.1 Å². The maximum atomic E-state index is 12.8. The van der Waals surface area contributed by atoms with Gasteiger partial charge >= 0.3 is 5.69 Å². The number of halogens is 2. The van der Waals surface area contributed by atoms with E-state index in [0.717, 1.165) is 20.9 Å². The lowest BCUT2D eigenvalue weighted by Crippen LogP contribution is -2.26. The second-order valence-electron chi connectivity index (χ2n) is 7.63.